The van der Waals surface area contributed by atoms with E-state index < -0.39 is 6.04 Å². The van der Waals surface area contributed by atoms with Gasteiger partial charge in [-0.3, -0.25) is 0 Å². The number of halogens is 3. The van der Waals surface area contributed by atoms with E-state index in [2.05, 4.69) is 20.8 Å². The lowest BCUT2D eigenvalue weighted by atomic mass is 9.93. The van der Waals surface area contributed by atoms with E-state index in [1.807, 2.05) is 90.5 Å². The molecule has 5 aromatic rings. The van der Waals surface area contributed by atoms with Crippen LogP contribution in [-0.2, 0) is 0 Å². The Balaban J connectivity index is 1.30. The molecule has 3 aliphatic rings. The zero-order valence-corrected chi connectivity index (χ0v) is 25.9. The van der Waals surface area contributed by atoms with Gasteiger partial charge in [0.1, 0.15) is 5.82 Å². The predicted octanol–water partition coefficient (Wildman–Crippen LogP) is 8.13. The van der Waals surface area contributed by atoms with Gasteiger partial charge in [-0.15, -0.1) is 0 Å². The fraction of sp³-hybridized carbons (Fsp3) is 0.171. The van der Waals surface area contributed by atoms with Crippen LogP contribution in [0.15, 0.2) is 107 Å². The fourth-order valence-corrected chi connectivity index (χ4v) is 7.14. The quantitative estimate of drug-likeness (QED) is 0.201. The largest absolute Gasteiger partial charge is 0.368 e. The molecule has 0 bridgehead atoms. The van der Waals surface area contributed by atoms with Crippen LogP contribution >= 0.6 is 23.2 Å². The van der Waals surface area contributed by atoms with Gasteiger partial charge in [-0.1, -0.05) is 59.6 Å². The van der Waals surface area contributed by atoms with Crippen molar-refractivity contribution in [1.82, 2.24) is 14.7 Å². The highest BCUT2D eigenvalue weighted by Crippen LogP contribution is 2.51. The number of rotatable bonds is 3. The minimum Gasteiger partial charge on any atom is -0.368 e. The number of fused-ring (bicyclic) bond motifs is 4. The zero-order chi connectivity index (χ0) is 30.7. The summed E-state index contributed by atoms with van der Waals surface area (Å²) in [5.41, 5.74) is 6.25. The highest BCUT2D eigenvalue weighted by molar-refractivity contribution is 6.48. The third-order valence-corrected chi connectivity index (χ3v) is 9.32. The first-order chi connectivity index (χ1) is 22.0. The van der Waals surface area contributed by atoms with Gasteiger partial charge in [-0.2, -0.15) is 5.10 Å². The standard InChI is InChI=1S/C35H28Cl2FN7/c1-22-30-32(31-26(36)10-7-11-27(31)37)44-29-13-6-5-12-28(29)39-34(35(44)40-33(30)45(41-22)25-8-3-2-4-9-25)43-20-18-42(19-21-43)24-16-14-23(38)15-17-24/h2-17,32H,18-21H2,1H3/t32-/m1/s1. The molecule has 0 aliphatic carbocycles. The third-order valence-electron chi connectivity index (χ3n) is 8.67. The van der Waals surface area contributed by atoms with Gasteiger partial charge < -0.3 is 14.7 Å². The second-order valence-corrected chi connectivity index (χ2v) is 12.1. The molecule has 4 aromatic carbocycles. The first-order valence-electron chi connectivity index (χ1n) is 14.9. The van der Waals surface area contributed by atoms with E-state index in [4.69, 9.17) is 38.3 Å². The Kier molecular flexibility index (Phi) is 6.84. The fourth-order valence-electron chi connectivity index (χ4n) is 6.53. The van der Waals surface area contributed by atoms with E-state index in [0.29, 0.717) is 23.1 Å². The number of anilines is 2. The first kappa shape index (κ1) is 27.9. The Morgan fingerprint density at radius 1 is 0.667 bits per heavy atom. The van der Waals surface area contributed by atoms with Crippen LogP contribution in [0.5, 0.6) is 0 Å². The van der Waals surface area contributed by atoms with Crippen LogP contribution in [-0.4, -0.2) is 52.5 Å². The summed E-state index contributed by atoms with van der Waals surface area (Å²) in [5.74, 6) is 1.99. The van der Waals surface area contributed by atoms with Crippen LogP contribution in [0.3, 0.4) is 0 Å². The van der Waals surface area contributed by atoms with E-state index in [1.54, 1.807) is 0 Å². The number of piperazine rings is 1. The molecule has 45 heavy (non-hydrogen) atoms. The normalized spacial score (nSPS) is 17.3. The van der Waals surface area contributed by atoms with E-state index in [-0.39, 0.29) is 5.82 Å². The molecule has 0 radical (unpaired) electrons. The molecular formula is C35H28Cl2FN7. The number of aliphatic imine (C=N–C) groups is 2. The molecule has 0 spiro atoms. The number of para-hydroxylation sites is 3. The lowest BCUT2D eigenvalue weighted by molar-refractivity contribution is 0.389. The highest BCUT2D eigenvalue weighted by atomic mass is 35.5. The van der Waals surface area contributed by atoms with Crippen LogP contribution in [0.2, 0.25) is 10.0 Å². The van der Waals surface area contributed by atoms with E-state index >= 15 is 0 Å². The molecular weight excluding hydrogens is 608 g/mol. The van der Waals surface area contributed by atoms with Gasteiger partial charge in [0, 0.05) is 53.0 Å². The Morgan fingerprint density at radius 2 is 1.33 bits per heavy atom. The monoisotopic (exact) mass is 635 g/mol. The molecule has 0 N–H and O–H groups in total. The van der Waals surface area contributed by atoms with Crippen LogP contribution in [0.4, 0.5) is 27.3 Å². The van der Waals surface area contributed by atoms with Crippen molar-refractivity contribution in [1.29, 1.82) is 0 Å². The van der Waals surface area contributed by atoms with Crippen molar-refractivity contribution < 1.29 is 4.39 Å². The minimum atomic E-state index is -0.404. The van der Waals surface area contributed by atoms with Crippen molar-refractivity contribution in [2.24, 2.45) is 9.98 Å². The van der Waals surface area contributed by atoms with Crippen molar-refractivity contribution in [3.63, 3.8) is 0 Å². The van der Waals surface area contributed by atoms with Crippen molar-refractivity contribution in [2.75, 3.05) is 36.0 Å². The molecule has 0 amide bonds. The molecule has 1 fully saturated rings. The van der Waals surface area contributed by atoms with Crippen LogP contribution in [0, 0.1) is 12.7 Å². The number of amidine groups is 2. The summed E-state index contributed by atoms with van der Waals surface area (Å²) >= 11 is 14.0. The molecule has 224 valence electrons. The number of hydrogen-bond acceptors (Lipinski definition) is 6. The molecule has 1 aromatic heterocycles. The van der Waals surface area contributed by atoms with Crippen molar-refractivity contribution in [3.05, 3.63) is 130 Å². The van der Waals surface area contributed by atoms with Gasteiger partial charge >= 0.3 is 0 Å². The Bertz CT molecular complexity index is 1960. The maximum atomic E-state index is 13.6. The van der Waals surface area contributed by atoms with Crippen molar-refractivity contribution >= 4 is 57.8 Å². The second kappa shape index (κ2) is 11.1. The van der Waals surface area contributed by atoms with Crippen LogP contribution in [0.25, 0.3) is 5.69 Å². The second-order valence-electron chi connectivity index (χ2n) is 11.3. The van der Waals surface area contributed by atoms with E-state index in [1.165, 1.54) is 12.1 Å². The first-order valence-corrected chi connectivity index (χ1v) is 15.6. The summed E-state index contributed by atoms with van der Waals surface area (Å²) in [7, 11) is 0. The number of nitrogens with zero attached hydrogens (tertiary/aromatic N) is 7. The van der Waals surface area contributed by atoms with Crippen molar-refractivity contribution in [3.8, 4) is 5.69 Å². The molecule has 10 heteroatoms. The molecule has 3 aliphatic heterocycles. The van der Waals surface area contributed by atoms with Gasteiger partial charge in [-0.05, 0) is 67.6 Å². The van der Waals surface area contributed by atoms with E-state index in [9.17, 15) is 4.39 Å². The number of benzene rings is 4. The maximum Gasteiger partial charge on any atom is 0.179 e. The summed E-state index contributed by atoms with van der Waals surface area (Å²) in [5, 5.41) is 6.15. The summed E-state index contributed by atoms with van der Waals surface area (Å²) in [4.78, 5) is 17.4. The molecule has 7 nitrogen and oxygen atoms in total. The smallest absolute Gasteiger partial charge is 0.179 e. The van der Waals surface area contributed by atoms with Gasteiger partial charge in [0.05, 0.1) is 28.8 Å². The predicted molar refractivity (Wildman–Crippen MR) is 180 cm³/mol. The molecule has 4 heterocycles. The van der Waals surface area contributed by atoms with E-state index in [0.717, 1.165) is 70.1 Å². The lowest BCUT2D eigenvalue weighted by Gasteiger charge is -2.45. The molecule has 0 saturated carbocycles. The molecule has 1 atom stereocenters. The van der Waals surface area contributed by atoms with Gasteiger partial charge in [-0.25, -0.2) is 19.1 Å². The SMILES string of the molecule is Cc1nn(-c2ccccc2)c2c1[C@H](c1c(Cl)cccc1Cl)N1C(=N2)C(N2CCN(c3ccc(F)cc3)CC2)=Nc2ccccc21. The zero-order valence-electron chi connectivity index (χ0n) is 24.4. The molecule has 1 saturated heterocycles. The Hall–Kier alpha value is -4.66. The van der Waals surface area contributed by atoms with Gasteiger partial charge in [0.15, 0.2) is 17.5 Å². The summed E-state index contributed by atoms with van der Waals surface area (Å²) in [6.45, 7) is 4.95. The number of hydrogen-bond donors (Lipinski definition) is 0. The Morgan fingerprint density at radius 3 is 2.07 bits per heavy atom. The number of aromatic nitrogens is 2. The summed E-state index contributed by atoms with van der Waals surface area (Å²) < 4.78 is 15.5. The van der Waals surface area contributed by atoms with Crippen LogP contribution in [0.1, 0.15) is 22.9 Å². The third kappa shape index (κ3) is 4.67. The van der Waals surface area contributed by atoms with Gasteiger partial charge in [0.25, 0.3) is 0 Å². The Labute approximate surface area is 270 Å². The molecule has 8 rings (SSSR count). The average Bonchev–Trinajstić information content (AvgIpc) is 3.40. The topological polar surface area (TPSA) is 52.3 Å². The van der Waals surface area contributed by atoms with Crippen molar-refractivity contribution in [2.45, 2.75) is 13.0 Å². The lowest BCUT2D eigenvalue weighted by Crippen LogP contribution is -2.55. The summed E-state index contributed by atoms with van der Waals surface area (Å²) in [6.07, 6.45) is 0. The molecule has 0 unspecified atom stereocenters. The average molecular weight is 637 g/mol. The maximum absolute atomic E-state index is 13.6. The highest BCUT2D eigenvalue weighted by Gasteiger charge is 2.44. The van der Waals surface area contributed by atoms with Gasteiger partial charge in [0.2, 0.25) is 0 Å². The minimum absolute atomic E-state index is 0.236. The van der Waals surface area contributed by atoms with Crippen LogP contribution < -0.4 is 9.80 Å². The summed E-state index contributed by atoms with van der Waals surface area (Å²) in [6, 6.07) is 30.0. The number of aryl methyl sites for hydroxylation is 1.